The lowest BCUT2D eigenvalue weighted by molar-refractivity contribution is -0.233. The van der Waals surface area contributed by atoms with Crippen LogP contribution in [0.2, 0.25) is 0 Å². The maximum Gasteiger partial charge on any atom is 0.312 e. The summed E-state index contributed by atoms with van der Waals surface area (Å²) in [5, 5.41) is 43.5. The zero-order chi connectivity index (χ0) is 77.3. The number of hydrogen-bond acceptors (Lipinski definition) is 11. The Bertz CT molecular complexity index is 3670. The van der Waals surface area contributed by atoms with Crippen LogP contribution in [0.4, 0.5) is 0 Å². The molecule has 0 amide bonds. The molecule has 0 aromatic rings. The lowest BCUT2D eigenvalue weighted by atomic mass is 9.33. The second kappa shape index (κ2) is 25.4. The first kappa shape index (κ1) is 79.4. The van der Waals surface area contributed by atoms with Gasteiger partial charge in [-0.25, -0.2) is 0 Å². The van der Waals surface area contributed by atoms with Crippen LogP contribution in [0.3, 0.4) is 0 Å². The summed E-state index contributed by atoms with van der Waals surface area (Å²) in [5.74, 6) is 4.60. The molecule has 105 heavy (non-hydrogen) atoms. The highest BCUT2D eigenvalue weighted by Gasteiger charge is 2.76. The van der Waals surface area contributed by atoms with Crippen LogP contribution < -0.4 is 5.73 Å². The number of ether oxygens (including phenoxy) is 2. The first-order chi connectivity index (χ1) is 48.5. The number of nitrogens with zero attached hydrogens (tertiary/aromatic N) is 1. The molecule has 0 aromatic carbocycles. The van der Waals surface area contributed by atoms with Gasteiger partial charge in [-0.3, -0.25) is 24.0 Å². The van der Waals surface area contributed by atoms with Gasteiger partial charge in [0.15, 0.2) is 11.6 Å². The lowest BCUT2D eigenvalue weighted by Crippen LogP contribution is -2.71. The minimum absolute atomic E-state index is 0.00479. The van der Waals surface area contributed by atoms with E-state index in [1.165, 1.54) is 94.8 Å². The Kier molecular flexibility index (Phi) is 19.2. The van der Waals surface area contributed by atoms with E-state index in [1.807, 2.05) is 6.92 Å². The number of rotatable bonds is 3. The van der Waals surface area contributed by atoms with Gasteiger partial charge in [0.05, 0.1) is 34.6 Å². The van der Waals surface area contributed by atoms with Gasteiger partial charge in [0.2, 0.25) is 0 Å². The van der Waals surface area contributed by atoms with E-state index >= 15 is 0 Å². The monoisotopic (exact) mass is 1450 g/mol. The van der Waals surface area contributed by atoms with Crippen molar-refractivity contribution >= 4 is 29.5 Å². The molecule has 12 saturated carbocycles. The maximum absolute atomic E-state index is 14.4. The van der Waals surface area contributed by atoms with Gasteiger partial charge in [-0.05, 0) is 323 Å². The number of nitrogens with two attached hydrogens (primary N) is 1. The molecular weight excluding hydrogens is 1310 g/mol. The molecule has 0 saturated heterocycles. The molecule has 15 rings (SSSR count). The number of carboxylic acid groups (broad SMARTS) is 1. The quantitative estimate of drug-likeness (QED) is 0.153. The van der Waals surface area contributed by atoms with E-state index in [0.29, 0.717) is 93.9 Å². The third kappa shape index (κ3) is 10.7. The summed E-state index contributed by atoms with van der Waals surface area (Å²) in [6.07, 6.45) is 29.5. The highest BCUT2D eigenvalue weighted by Crippen LogP contribution is 2.80. The van der Waals surface area contributed by atoms with Crippen LogP contribution in [0.25, 0.3) is 0 Å². The van der Waals surface area contributed by atoms with Crippen LogP contribution in [0.15, 0.2) is 34.9 Å². The summed E-state index contributed by atoms with van der Waals surface area (Å²) in [6, 6.07) is 2.60. The number of allylic oxidation sites excluding steroid dienone is 5. The number of nitriles is 1. The van der Waals surface area contributed by atoms with E-state index in [1.54, 1.807) is 6.92 Å². The fourth-order valence-electron chi connectivity index (χ4n) is 32.6. The number of carboxylic acids is 1. The molecule has 0 aliphatic heterocycles. The molecule has 12 heteroatoms. The fourth-order valence-corrected chi connectivity index (χ4v) is 32.6. The molecule has 12 fully saturated rings. The zero-order valence-corrected chi connectivity index (χ0v) is 69.9. The van der Waals surface area contributed by atoms with E-state index in [2.05, 4.69) is 156 Å². The van der Waals surface area contributed by atoms with Crippen molar-refractivity contribution in [1.82, 2.24) is 0 Å². The van der Waals surface area contributed by atoms with Crippen molar-refractivity contribution in [3.63, 3.8) is 0 Å². The number of ketones is 2. The fraction of sp³-hybridized carbons (Fsp3) is 0.871. The largest absolute Gasteiger partial charge is 0.481 e. The van der Waals surface area contributed by atoms with Crippen LogP contribution in [0, 0.1) is 176 Å². The van der Waals surface area contributed by atoms with E-state index in [-0.39, 0.29) is 102 Å². The van der Waals surface area contributed by atoms with Gasteiger partial charge < -0.3 is 30.5 Å². The van der Waals surface area contributed by atoms with Gasteiger partial charge in [0, 0.05) is 31.6 Å². The Morgan fingerprint density at radius 1 is 0.457 bits per heavy atom. The Labute approximate surface area is 634 Å². The summed E-state index contributed by atoms with van der Waals surface area (Å²) >= 11 is 0. The average Bonchev–Trinajstić information content (AvgIpc) is 0.682. The van der Waals surface area contributed by atoms with Gasteiger partial charge >= 0.3 is 17.9 Å². The van der Waals surface area contributed by atoms with Crippen molar-refractivity contribution in [2.45, 2.75) is 343 Å². The van der Waals surface area contributed by atoms with Crippen LogP contribution in [0.1, 0.15) is 313 Å². The molecule has 0 radical (unpaired) electrons. The second-order valence-electron chi connectivity index (χ2n) is 44.2. The first-order valence-corrected chi connectivity index (χ1v) is 42.8. The van der Waals surface area contributed by atoms with Crippen molar-refractivity contribution in [2.75, 3.05) is 0 Å². The Hall–Kier alpha value is -3.66. The van der Waals surface area contributed by atoms with Crippen LogP contribution in [0.5, 0.6) is 0 Å². The standard InChI is InChI=1S/C32H47NO3.C31H49NO3.C30H48O4/c1-19-9-12-28(4)15-16-31(7)22(26(28)20(19)2)17-23(35)27-29(5)13-11-25(36-21(3)34)30(6,18-33)24(29)10-14-32(27,31)8;1-18-9-12-27(4)15-16-29(6)21(25(27)19(18)2)17-22(34)26-28(5)13-11-24(35-20(3)33)31(8,32)23(28)10-14-30(26,29)7;1-17-8-11-26(3)14-15-28(5)19(23(26)18(17)2)16-20(31)24-27(4)12-10-22(32)30(7,25(33)34)21(27)9-13-29(24,28)6/h17,19-20,24-27H,9-16H2,1-8H3;17-19,23-26H,9-16,32H2,1-8H3;16-18,20-24,31-32H,8-15H2,1-7H3,(H,33,34)/t19-,20+,24?,25?,26?,27?,28-,29+,30-,31-,32-;18-,19+,23?,24?,25?,26?,27-,28+,29-,30-,31-;17-,18+,20?,21?,22-,23?,24?,26-,27+,28-,29-,30-/m111/s1. The Morgan fingerprint density at radius 2 is 0.829 bits per heavy atom. The van der Waals surface area contributed by atoms with Crippen molar-refractivity contribution in [3.05, 3.63) is 34.9 Å². The van der Waals surface area contributed by atoms with Crippen LogP contribution in [-0.4, -0.2) is 74.7 Å². The lowest BCUT2D eigenvalue weighted by Gasteiger charge is -2.72. The molecule has 586 valence electrons. The molecule has 15 aliphatic carbocycles. The molecule has 34 atom stereocenters. The van der Waals surface area contributed by atoms with Gasteiger partial charge in [-0.2, -0.15) is 5.26 Å². The number of aliphatic carboxylic acids is 1. The normalized spacial score (nSPS) is 56.2. The smallest absolute Gasteiger partial charge is 0.312 e. The van der Waals surface area contributed by atoms with Gasteiger partial charge in [0.25, 0.3) is 0 Å². The highest BCUT2D eigenvalue weighted by atomic mass is 16.5. The second-order valence-corrected chi connectivity index (χ2v) is 44.2. The summed E-state index contributed by atoms with van der Waals surface area (Å²) in [5.41, 5.74) is 8.91. The summed E-state index contributed by atoms with van der Waals surface area (Å²) in [6.45, 7) is 52.5. The molecule has 5 N–H and O–H groups in total. The number of fused-ring (bicyclic) bond motifs is 21. The summed E-state index contributed by atoms with van der Waals surface area (Å²) < 4.78 is 11.4. The zero-order valence-electron chi connectivity index (χ0n) is 69.9. The van der Waals surface area contributed by atoms with Crippen LogP contribution in [-0.2, 0) is 33.4 Å². The van der Waals surface area contributed by atoms with E-state index in [9.17, 15) is 44.6 Å². The van der Waals surface area contributed by atoms with Crippen molar-refractivity contribution in [1.29, 1.82) is 5.26 Å². The Balaban J connectivity index is 0.000000140. The third-order valence-electron chi connectivity index (χ3n) is 39.8. The molecular formula is C93H144N2O10. The van der Waals surface area contributed by atoms with E-state index < -0.39 is 40.7 Å². The molecule has 12 unspecified atom stereocenters. The summed E-state index contributed by atoms with van der Waals surface area (Å²) in [7, 11) is 0. The predicted octanol–water partition coefficient (Wildman–Crippen LogP) is 19.8. The molecule has 0 aromatic heterocycles. The average molecular weight is 1450 g/mol. The van der Waals surface area contributed by atoms with Gasteiger partial charge in [-0.15, -0.1) is 0 Å². The van der Waals surface area contributed by atoms with Crippen molar-refractivity contribution < 1.29 is 48.8 Å². The number of aliphatic hydroxyl groups excluding tert-OH is 2. The molecule has 0 spiro atoms. The minimum atomic E-state index is -1.16. The Morgan fingerprint density at radius 3 is 1.26 bits per heavy atom. The molecule has 0 bridgehead atoms. The van der Waals surface area contributed by atoms with Crippen LogP contribution >= 0.6 is 0 Å². The maximum atomic E-state index is 14.4. The predicted molar refractivity (Wildman–Crippen MR) is 414 cm³/mol. The number of carbonyl (C=O) groups excluding carboxylic acids is 4. The van der Waals surface area contributed by atoms with Gasteiger partial charge in [-0.1, -0.05) is 147 Å². The summed E-state index contributed by atoms with van der Waals surface area (Å²) in [4.78, 5) is 64.9. The molecule has 0 heterocycles. The number of esters is 2. The van der Waals surface area contributed by atoms with E-state index in [4.69, 9.17) is 15.2 Å². The molecule has 12 nitrogen and oxygen atoms in total. The highest BCUT2D eigenvalue weighted by molar-refractivity contribution is 5.96. The SMILES string of the molecule is CC(=O)OC1CC[C@@]2(C)C(CC[C@]3(C)C2C(=O)C=C2C4[C@@H](C)[C@H](C)CC[C@]4(C)CC[C@]23C)[C@@]1(C)C#N.CC(=O)OC1CC[C@@]2(C)C(CC[C@]3(C)C2C(=O)C=C2C4[C@@H](C)[C@H](C)CC[C@]4(C)CC[C@]23C)[C@@]1(C)N.C[C@@H]1CC[C@]2(C)CC[C@]3(C)C(=CC(O)C4[C@@]5(C)CC[C@@H](O)[C@](C)(C(=O)O)C5CC[C@]43C)C2[C@H]1C. The minimum Gasteiger partial charge on any atom is -0.481 e. The number of aliphatic hydroxyl groups is 2. The number of carbonyl (C=O) groups is 5. The third-order valence-corrected chi connectivity index (χ3v) is 39.8. The van der Waals surface area contributed by atoms with Crippen molar-refractivity contribution in [3.8, 4) is 6.07 Å². The molecule has 15 aliphatic rings. The van der Waals surface area contributed by atoms with E-state index in [0.717, 1.165) is 77.0 Å². The topological polar surface area (TPSA) is 214 Å². The first-order valence-electron chi connectivity index (χ1n) is 42.8. The van der Waals surface area contributed by atoms with Gasteiger partial charge in [0.1, 0.15) is 12.2 Å². The number of hydrogen-bond donors (Lipinski definition) is 4. The van der Waals surface area contributed by atoms with Crippen molar-refractivity contribution in [2.24, 2.45) is 170 Å².